The van der Waals surface area contributed by atoms with Gasteiger partial charge in [0.05, 0.1) is 11.9 Å². The smallest absolute Gasteiger partial charge is 0.243 e. The van der Waals surface area contributed by atoms with Gasteiger partial charge in [-0.15, -0.1) is 0 Å². The standard InChI is InChI=1S/C23H38N4O4S/c1-18-9-7-8-10-20(18)27(32(6,30)31)15-21(28)26-13-11-19(12-14-26)22(29)24-16-23(2,3)17-25(4)5/h7-10,19H,11-17H2,1-6H3,(H,24,29). The average Bonchev–Trinajstić information content (AvgIpc) is 2.69. The summed E-state index contributed by atoms with van der Waals surface area (Å²) in [6.07, 6.45) is 2.27. The van der Waals surface area contributed by atoms with Crippen LogP contribution in [0.5, 0.6) is 0 Å². The van der Waals surface area contributed by atoms with Gasteiger partial charge in [-0.25, -0.2) is 8.42 Å². The first kappa shape index (κ1) is 26.1. The highest BCUT2D eigenvalue weighted by Gasteiger charge is 2.31. The number of carbonyl (C=O) groups excluding carboxylic acids is 2. The maximum absolute atomic E-state index is 12.9. The molecule has 9 heteroatoms. The number of nitrogens with zero attached hydrogens (tertiary/aromatic N) is 3. The van der Waals surface area contributed by atoms with Gasteiger partial charge in [0.1, 0.15) is 6.54 Å². The number of hydrogen-bond acceptors (Lipinski definition) is 5. The van der Waals surface area contributed by atoms with Crippen molar-refractivity contribution in [2.45, 2.75) is 33.6 Å². The minimum absolute atomic E-state index is 0.0273. The molecule has 1 fully saturated rings. The van der Waals surface area contributed by atoms with Crippen molar-refractivity contribution in [1.29, 1.82) is 0 Å². The van der Waals surface area contributed by atoms with Crippen molar-refractivity contribution in [2.75, 3.05) is 57.4 Å². The van der Waals surface area contributed by atoms with E-state index in [9.17, 15) is 18.0 Å². The zero-order chi connectivity index (χ0) is 24.1. The predicted octanol–water partition coefficient (Wildman–Crippen LogP) is 1.70. The number of benzene rings is 1. The minimum Gasteiger partial charge on any atom is -0.355 e. The van der Waals surface area contributed by atoms with E-state index in [4.69, 9.17) is 0 Å². The van der Waals surface area contributed by atoms with Gasteiger partial charge in [-0.3, -0.25) is 13.9 Å². The van der Waals surface area contributed by atoms with E-state index < -0.39 is 10.0 Å². The van der Waals surface area contributed by atoms with Crippen LogP contribution in [-0.4, -0.2) is 83.1 Å². The van der Waals surface area contributed by atoms with Gasteiger partial charge in [0.2, 0.25) is 21.8 Å². The molecule has 1 aliphatic rings. The number of aryl methyl sites for hydroxylation is 1. The summed E-state index contributed by atoms with van der Waals surface area (Å²) in [6, 6.07) is 7.12. The Hall–Kier alpha value is -2.13. The van der Waals surface area contributed by atoms with Crippen molar-refractivity contribution < 1.29 is 18.0 Å². The molecular formula is C23H38N4O4S. The molecule has 0 aromatic heterocycles. The van der Waals surface area contributed by atoms with Crippen LogP contribution >= 0.6 is 0 Å². The van der Waals surface area contributed by atoms with Crippen LogP contribution in [-0.2, 0) is 19.6 Å². The predicted molar refractivity (Wildman–Crippen MR) is 128 cm³/mol. The molecule has 0 aliphatic carbocycles. The lowest BCUT2D eigenvalue weighted by Crippen LogP contribution is -2.48. The van der Waals surface area contributed by atoms with Gasteiger partial charge in [0.15, 0.2) is 0 Å². The van der Waals surface area contributed by atoms with E-state index >= 15 is 0 Å². The van der Waals surface area contributed by atoms with Crippen molar-refractivity contribution >= 4 is 27.5 Å². The molecule has 0 radical (unpaired) electrons. The van der Waals surface area contributed by atoms with Gasteiger partial charge in [-0.1, -0.05) is 32.0 Å². The van der Waals surface area contributed by atoms with E-state index in [0.29, 0.717) is 38.2 Å². The highest BCUT2D eigenvalue weighted by Crippen LogP contribution is 2.24. The third kappa shape index (κ3) is 7.48. The first-order valence-corrected chi connectivity index (χ1v) is 12.9. The lowest BCUT2D eigenvalue weighted by molar-refractivity contribution is -0.134. The van der Waals surface area contributed by atoms with Crippen molar-refractivity contribution in [3.05, 3.63) is 29.8 Å². The van der Waals surface area contributed by atoms with Crippen molar-refractivity contribution in [3.8, 4) is 0 Å². The summed E-state index contributed by atoms with van der Waals surface area (Å²) >= 11 is 0. The largest absolute Gasteiger partial charge is 0.355 e. The number of hydrogen-bond donors (Lipinski definition) is 1. The molecule has 1 N–H and O–H groups in total. The molecule has 1 saturated heterocycles. The summed E-state index contributed by atoms with van der Waals surface area (Å²) in [6.45, 7) is 8.20. The van der Waals surface area contributed by atoms with E-state index in [1.807, 2.05) is 33.2 Å². The summed E-state index contributed by atoms with van der Waals surface area (Å²) in [7, 11) is 0.418. The van der Waals surface area contributed by atoms with Gasteiger partial charge < -0.3 is 15.1 Å². The molecule has 0 atom stereocenters. The van der Waals surface area contributed by atoms with Crippen LogP contribution in [0.15, 0.2) is 24.3 Å². The SMILES string of the molecule is Cc1ccccc1N(CC(=O)N1CCC(C(=O)NCC(C)(C)CN(C)C)CC1)S(C)(=O)=O. The third-order valence-corrected chi connectivity index (χ3v) is 6.89. The third-order valence-electron chi connectivity index (χ3n) is 5.77. The Labute approximate surface area is 193 Å². The quantitative estimate of drug-likeness (QED) is 0.598. The second-order valence-electron chi connectivity index (χ2n) is 9.83. The van der Waals surface area contributed by atoms with E-state index in [-0.39, 0.29) is 29.7 Å². The van der Waals surface area contributed by atoms with E-state index in [1.165, 1.54) is 0 Å². The molecule has 8 nitrogen and oxygen atoms in total. The second-order valence-corrected chi connectivity index (χ2v) is 11.7. The van der Waals surface area contributed by atoms with Gasteiger partial charge in [-0.2, -0.15) is 0 Å². The van der Waals surface area contributed by atoms with Gasteiger partial charge in [-0.05, 0) is 50.9 Å². The highest BCUT2D eigenvalue weighted by atomic mass is 32.2. The van der Waals surface area contributed by atoms with Crippen LogP contribution in [0.2, 0.25) is 0 Å². The van der Waals surface area contributed by atoms with E-state index in [1.54, 1.807) is 17.0 Å². The summed E-state index contributed by atoms with van der Waals surface area (Å²) in [4.78, 5) is 29.3. The normalized spacial score (nSPS) is 15.7. The van der Waals surface area contributed by atoms with Crippen molar-refractivity contribution in [2.24, 2.45) is 11.3 Å². The first-order valence-electron chi connectivity index (χ1n) is 11.0. The van der Waals surface area contributed by atoms with Crippen LogP contribution in [0.1, 0.15) is 32.3 Å². The van der Waals surface area contributed by atoms with Gasteiger partial charge >= 0.3 is 0 Å². The molecule has 1 aliphatic heterocycles. The number of nitrogens with one attached hydrogen (secondary N) is 1. The van der Waals surface area contributed by atoms with E-state index in [2.05, 4.69) is 24.1 Å². The maximum atomic E-state index is 12.9. The van der Waals surface area contributed by atoms with Crippen LogP contribution in [0.4, 0.5) is 5.69 Å². The summed E-state index contributed by atoms with van der Waals surface area (Å²) in [5.41, 5.74) is 1.27. The van der Waals surface area contributed by atoms with E-state index in [0.717, 1.165) is 22.7 Å². The average molecular weight is 467 g/mol. The van der Waals surface area contributed by atoms with Gasteiger partial charge in [0.25, 0.3) is 0 Å². The molecule has 180 valence electrons. The monoisotopic (exact) mass is 466 g/mol. The molecule has 0 spiro atoms. The molecule has 2 rings (SSSR count). The summed E-state index contributed by atoms with van der Waals surface area (Å²) in [5.74, 6) is -0.345. The fourth-order valence-corrected chi connectivity index (χ4v) is 5.13. The topological polar surface area (TPSA) is 90.0 Å². The molecule has 2 amide bonds. The Kier molecular flexibility index (Phi) is 8.70. The summed E-state index contributed by atoms with van der Waals surface area (Å²) in [5, 5.41) is 3.07. The fourth-order valence-electron chi connectivity index (χ4n) is 4.22. The van der Waals surface area contributed by atoms with Crippen LogP contribution < -0.4 is 9.62 Å². The maximum Gasteiger partial charge on any atom is 0.243 e. The highest BCUT2D eigenvalue weighted by molar-refractivity contribution is 7.92. The number of para-hydroxylation sites is 1. The van der Waals surface area contributed by atoms with Crippen LogP contribution in [0.3, 0.4) is 0 Å². The number of piperidine rings is 1. The van der Waals surface area contributed by atoms with Crippen LogP contribution in [0, 0.1) is 18.3 Å². The number of anilines is 1. The molecule has 0 saturated carbocycles. The fraction of sp³-hybridized carbons (Fsp3) is 0.652. The first-order chi connectivity index (χ1) is 14.8. The molecule has 0 bridgehead atoms. The van der Waals surface area contributed by atoms with Crippen molar-refractivity contribution in [1.82, 2.24) is 15.1 Å². The zero-order valence-electron chi connectivity index (χ0n) is 20.2. The molecular weight excluding hydrogens is 428 g/mol. The molecule has 32 heavy (non-hydrogen) atoms. The number of rotatable bonds is 9. The molecule has 1 aromatic rings. The minimum atomic E-state index is -3.61. The van der Waals surface area contributed by atoms with Gasteiger partial charge in [0, 0.05) is 32.1 Å². The molecule has 1 heterocycles. The Morgan fingerprint density at radius 2 is 1.75 bits per heavy atom. The Bertz CT molecular complexity index is 906. The number of sulfonamides is 1. The van der Waals surface area contributed by atoms with Crippen molar-refractivity contribution in [3.63, 3.8) is 0 Å². The number of amides is 2. The zero-order valence-corrected chi connectivity index (χ0v) is 21.0. The number of likely N-dealkylation sites (tertiary alicyclic amines) is 1. The Morgan fingerprint density at radius 3 is 2.28 bits per heavy atom. The Balaban J connectivity index is 1.93. The Morgan fingerprint density at radius 1 is 1.16 bits per heavy atom. The second kappa shape index (κ2) is 10.7. The lowest BCUT2D eigenvalue weighted by atomic mass is 9.91. The molecule has 0 unspecified atom stereocenters. The summed E-state index contributed by atoms with van der Waals surface area (Å²) < 4.78 is 25.9. The number of carbonyl (C=O) groups is 2. The molecule has 1 aromatic carbocycles. The van der Waals surface area contributed by atoms with Crippen LogP contribution in [0.25, 0.3) is 0 Å². The lowest BCUT2D eigenvalue weighted by Gasteiger charge is -2.34.